The molecule has 4 nitrogen and oxygen atoms in total. The Labute approximate surface area is 113 Å². The Morgan fingerprint density at radius 3 is 2.71 bits per heavy atom. The third kappa shape index (κ3) is 3.06. The van der Waals surface area contributed by atoms with Crippen LogP contribution in [-0.4, -0.2) is 15.7 Å². The first-order chi connectivity index (χ1) is 8.16. The highest BCUT2D eigenvalue weighted by Crippen LogP contribution is 2.09. The maximum Gasteiger partial charge on any atom is 0.356 e. The predicted molar refractivity (Wildman–Crippen MR) is 71.5 cm³/mol. The molecule has 2 aromatic rings. The maximum atomic E-state index is 11.8. The monoisotopic (exact) mass is 342 g/mol. The van der Waals surface area contributed by atoms with Gasteiger partial charge in [-0.3, -0.25) is 4.68 Å². The third-order valence-corrected chi connectivity index (χ3v) is 2.80. The third-order valence-electron chi connectivity index (χ3n) is 2.27. The minimum absolute atomic E-state index is 0.279. The largest absolute Gasteiger partial charge is 0.456 e. The van der Waals surface area contributed by atoms with Gasteiger partial charge in [0.25, 0.3) is 0 Å². The van der Waals surface area contributed by atoms with Gasteiger partial charge < -0.3 is 4.74 Å². The van der Waals surface area contributed by atoms with E-state index in [1.54, 1.807) is 13.1 Å². The van der Waals surface area contributed by atoms with Crippen molar-refractivity contribution in [3.05, 3.63) is 51.4 Å². The van der Waals surface area contributed by atoms with Gasteiger partial charge >= 0.3 is 5.97 Å². The summed E-state index contributed by atoms with van der Waals surface area (Å²) < 4.78 is 7.50. The van der Waals surface area contributed by atoms with E-state index in [4.69, 9.17) is 4.74 Å². The zero-order valence-electron chi connectivity index (χ0n) is 9.26. The second kappa shape index (κ2) is 5.31. The molecular formula is C12H11IN2O2. The fourth-order valence-electron chi connectivity index (χ4n) is 1.42. The van der Waals surface area contributed by atoms with Gasteiger partial charge in [-0.25, -0.2) is 4.79 Å². The standard InChI is InChI=1S/C12H11IN2O2/c1-15-10(7-11(13)14-15)12(16)17-8-9-5-3-2-4-6-9/h2-7H,8H2,1H3. The van der Waals surface area contributed by atoms with Gasteiger partial charge in [0, 0.05) is 13.1 Å². The molecule has 0 spiro atoms. The topological polar surface area (TPSA) is 44.1 Å². The second-order valence-corrected chi connectivity index (χ2v) is 4.64. The highest BCUT2D eigenvalue weighted by molar-refractivity contribution is 14.1. The lowest BCUT2D eigenvalue weighted by Crippen LogP contribution is -2.10. The van der Waals surface area contributed by atoms with E-state index in [1.807, 2.05) is 30.3 Å². The Morgan fingerprint density at radius 1 is 1.41 bits per heavy atom. The van der Waals surface area contributed by atoms with E-state index >= 15 is 0 Å². The average Bonchev–Trinajstić information content (AvgIpc) is 2.67. The van der Waals surface area contributed by atoms with Crippen molar-refractivity contribution in [3.63, 3.8) is 0 Å². The van der Waals surface area contributed by atoms with Gasteiger partial charge in [0.2, 0.25) is 0 Å². The number of carbonyl (C=O) groups is 1. The van der Waals surface area contributed by atoms with Gasteiger partial charge in [-0.15, -0.1) is 0 Å². The normalized spacial score (nSPS) is 10.2. The summed E-state index contributed by atoms with van der Waals surface area (Å²) in [5.41, 5.74) is 1.43. The molecule has 0 bridgehead atoms. The van der Waals surface area contributed by atoms with Gasteiger partial charge in [0.1, 0.15) is 16.0 Å². The smallest absolute Gasteiger partial charge is 0.356 e. The molecule has 5 heteroatoms. The Hall–Kier alpha value is -1.37. The first-order valence-electron chi connectivity index (χ1n) is 5.07. The quantitative estimate of drug-likeness (QED) is 0.636. The molecule has 0 aliphatic heterocycles. The summed E-state index contributed by atoms with van der Waals surface area (Å²) in [4.78, 5) is 11.8. The average molecular weight is 342 g/mol. The van der Waals surface area contributed by atoms with E-state index in [1.165, 1.54) is 4.68 Å². The lowest BCUT2D eigenvalue weighted by molar-refractivity contribution is 0.0460. The Balaban J connectivity index is 2.01. The number of aryl methyl sites for hydroxylation is 1. The molecule has 1 heterocycles. The molecule has 0 aliphatic rings. The molecule has 0 fully saturated rings. The van der Waals surface area contributed by atoms with Gasteiger partial charge in [-0.2, -0.15) is 5.10 Å². The van der Waals surface area contributed by atoms with Crippen LogP contribution in [0.2, 0.25) is 0 Å². The fourth-order valence-corrected chi connectivity index (χ4v) is 2.04. The Kier molecular flexibility index (Phi) is 3.78. The Morgan fingerprint density at radius 2 is 2.12 bits per heavy atom. The summed E-state index contributed by atoms with van der Waals surface area (Å²) in [6.45, 7) is 0.279. The van der Waals surface area contributed by atoms with Crippen LogP contribution in [0.25, 0.3) is 0 Å². The van der Waals surface area contributed by atoms with Crippen LogP contribution < -0.4 is 0 Å². The van der Waals surface area contributed by atoms with Crippen LogP contribution in [0.1, 0.15) is 16.1 Å². The van der Waals surface area contributed by atoms with Crippen LogP contribution in [-0.2, 0) is 18.4 Å². The minimum Gasteiger partial charge on any atom is -0.456 e. The van der Waals surface area contributed by atoms with Crippen LogP contribution >= 0.6 is 22.6 Å². The van der Waals surface area contributed by atoms with E-state index in [0.717, 1.165) is 9.26 Å². The van der Waals surface area contributed by atoms with E-state index in [9.17, 15) is 4.79 Å². The van der Waals surface area contributed by atoms with E-state index in [0.29, 0.717) is 5.69 Å². The van der Waals surface area contributed by atoms with Crippen molar-refractivity contribution in [1.82, 2.24) is 9.78 Å². The summed E-state index contributed by atoms with van der Waals surface area (Å²) in [7, 11) is 1.72. The van der Waals surface area contributed by atoms with Crippen molar-refractivity contribution >= 4 is 28.6 Å². The molecule has 0 aliphatic carbocycles. The predicted octanol–water partition coefficient (Wildman–Crippen LogP) is 2.38. The number of hydrogen-bond acceptors (Lipinski definition) is 3. The summed E-state index contributed by atoms with van der Waals surface area (Å²) in [6, 6.07) is 11.3. The van der Waals surface area contributed by atoms with Gasteiger partial charge in [-0.05, 0) is 28.2 Å². The molecule has 0 unspecified atom stereocenters. The number of esters is 1. The van der Waals surface area contributed by atoms with Crippen molar-refractivity contribution < 1.29 is 9.53 Å². The first kappa shape index (κ1) is 12.1. The number of carbonyl (C=O) groups excluding carboxylic acids is 1. The molecular weight excluding hydrogens is 331 g/mol. The summed E-state index contributed by atoms with van der Waals surface area (Å²) in [6.07, 6.45) is 0. The molecule has 0 saturated carbocycles. The zero-order valence-corrected chi connectivity index (χ0v) is 11.4. The first-order valence-corrected chi connectivity index (χ1v) is 6.15. The number of ether oxygens (including phenoxy) is 1. The Bertz CT molecular complexity index is 523. The summed E-state index contributed by atoms with van der Waals surface area (Å²) in [5.74, 6) is -0.355. The van der Waals surface area contributed by atoms with E-state index in [2.05, 4.69) is 27.7 Å². The molecule has 0 saturated heterocycles. The number of halogens is 1. The van der Waals surface area contributed by atoms with Crippen molar-refractivity contribution in [3.8, 4) is 0 Å². The van der Waals surface area contributed by atoms with Crippen LogP contribution in [0.5, 0.6) is 0 Å². The SMILES string of the molecule is Cn1nc(I)cc1C(=O)OCc1ccccc1. The van der Waals surface area contributed by atoms with Gasteiger partial charge in [0.15, 0.2) is 0 Å². The maximum absolute atomic E-state index is 11.8. The number of nitrogens with zero attached hydrogens (tertiary/aromatic N) is 2. The number of rotatable bonds is 3. The molecule has 0 amide bonds. The number of aromatic nitrogens is 2. The molecule has 88 valence electrons. The number of benzene rings is 1. The molecule has 0 atom stereocenters. The highest BCUT2D eigenvalue weighted by Gasteiger charge is 2.13. The van der Waals surface area contributed by atoms with Crippen molar-refractivity contribution in [2.24, 2.45) is 7.05 Å². The zero-order chi connectivity index (χ0) is 12.3. The number of hydrogen-bond donors (Lipinski definition) is 0. The van der Waals surface area contributed by atoms with Gasteiger partial charge in [-0.1, -0.05) is 30.3 Å². The van der Waals surface area contributed by atoms with Crippen molar-refractivity contribution in [2.75, 3.05) is 0 Å². The molecule has 1 aromatic carbocycles. The van der Waals surface area contributed by atoms with Crippen LogP contribution in [0.3, 0.4) is 0 Å². The molecule has 0 radical (unpaired) electrons. The summed E-state index contributed by atoms with van der Waals surface area (Å²) >= 11 is 2.06. The van der Waals surface area contributed by atoms with E-state index < -0.39 is 0 Å². The van der Waals surface area contributed by atoms with Crippen LogP contribution in [0.4, 0.5) is 0 Å². The second-order valence-electron chi connectivity index (χ2n) is 3.54. The fraction of sp³-hybridized carbons (Fsp3) is 0.167. The van der Waals surface area contributed by atoms with Crippen LogP contribution in [0.15, 0.2) is 36.4 Å². The summed E-state index contributed by atoms with van der Waals surface area (Å²) in [5, 5.41) is 4.09. The lowest BCUT2D eigenvalue weighted by Gasteiger charge is -2.04. The molecule has 1 aromatic heterocycles. The van der Waals surface area contributed by atoms with Gasteiger partial charge in [0.05, 0.1) is 0 Å². The van der Waals surface area contributed by atoms with Crippen molar-refractivity contribution in [1.29, 1.82) is 0 Å². The molecule has 2 rings (SSSR count). The molecule has 0 N–H and O–H groups in total. The van der Waals surface area contributed by atoms with Crippen molar-refractivity contribution in [2.45, 2.75) is 6.61 Å². The highest BCUT2D eigenvalue weighted by atomic mass is 127. The minimum atomic E-state index is -0.355. The van der Waals surface area contributed by atoms with E-state index in [-0.39, 0.29) is 12.6 Å². The van der Waals surface area contributed by atoms with Crippen LogP contribution in [0, 0.1) is 3.70 Å². The lowest BCUT2D eigenvalue weighted by atomic mass is 10.2. The molecule has 17 heavy (non-hydrogen) atoms.